The number of carbonyl (C=O) groups is 1. The van der Waals surface area contributed by atoms with Gasteiger partial charge in [-0.25, -0.2) is 9.67 Å². The van der Waals surface area contributed by atoms with E-state index in [4.69, 9.17) is 0 Å². The highest BCUT2D eigenvalue weighted by atomic mass is 19.4. The maximum absolute atomic E-state index is 12.9. The van der Waals surface area contributed by atoms with Gasteiger partial charge >= 0.3 is 6.18 Å². The molecule has 1 amide bonds. The van der Waals surface area contributed by atoms with E-state index < -0.39 is 11.7 Å². The van der Waals surface area contributed by atoms with Gasteiger partial charge in [0.05, 0.1) is 23.4 Å². The number of hydrogen-bond acceptors (Lipinski definition) is 4. The van der Waals surface area contributed by atoms with Crippen molar-refractivity contribution in [2.45, 2.75) is 38.0 Å². The average molecular weight is 392 g/mol. The molecule has 28 heavy (non-hydrogen) atoms. The number of aryl methyl sites for hydroxylation is 1. The van der Waals surface area contributed by atoms with Crippen LogP contribution in [-0.4, -0.2) is 48.4 Å². The first-order valence-corrected chi connectivity index (χ1v) is 9.07. The van der Waals surface area contributed by atoms with Crippen LogP contribution >= 0.6 is 0 Å². The van der Waals surface area contributed by atoms with Gasteiger partial charge in [0, 0.05) is 38.4 Å². The summed E-state index contributed by atoms with van der Waals surface area (Å²) in [6.07, 6.45) is 2.71. The SMILES string of the molecule is O=C(CCn1ccnc1)N1CCC[C@H](n2nnc3cc(C(F)(F)F)ccc32)C1. The predicted molar refractivity (Wildman–Crippen MR) is 94.2 cm³/mol. The summed E-state index contributed by atoms with van der Waals surface area (Å²) >= 11 is 0. The summed E-state index contributed by atoms with van der Waals surface area (Å²) in [6.45, 7) is 1.71. The lowest BCUT2D eigenvalue weighted by atomic mass is 10.0. The lowest BCUT2D eigenvalue weighted by molar-refractivity contribution is -0.137. The average Bonchev–Trinajstić information content (AvgIpc) is 3.34. The van der Waals surface area contributed by atoms with Crippen LogP contribution in [0.4, 0.5) is 13.2 Å². The molecular weight excluding hydrogens is 373 g/mol. The van der Waals surface area contributed by atoms with Crippen LogP contribution in [0.15, 0.2) is 36.9 Å². The van der Waals surface area contributed by atoms with Gasteiger partial charge in [-0.05, 0) is 31.0 Å². The first-order valence-electron chi connectivity index (χ1n) is 9.07. The lowest BCUT2D eigenvalue weighted by Crippen LogP contribution is -2.41. The molecule has 1 fully saturated rings. The number of imidazole rings is 1. The quantitative estimate of drug-likeness (QED) is 0.685. The summed E-state index contributed by atoms with van der Waals surface area (Å²) in [4.78, 5) is 18.3. The summed E-state index contributed by atoms with van der Waals surface area (Å²) in [5.41, 5.74) is 0.0103. The van der Waals surface area contributed by atoms with E-state index in [2.05, 4.69) is 15.3 Å². The van der Waals surface area contributed by atoms with Crippen LogP contribution in [0, 0.1) is 0 Å². The van der Waals surface area contributed by atoms with Gasteiger partial charge in [0.1, 0.15) is 5.52 Å². The molecule has 2 aromatic heterocycles. The summed E-state index contributed by atoms with van der Waals surface area (Å²) in [7, 11) is 0. The summed E-state index contributed by atoms with van der Waals surface area (Å²) in [6, 6.07) is 3.35. The van der Waals surface area contributed by atoms with Crippen molar-refractivity contribution < 1.29 is 18.0 Å². The summed E-state index contributed by atoms with van der Waals surface area (Å²) < 4.78 is 42.2. The van der Waals surface area contributed by atoms with Gasteiger partial charge in [0.15, 0.2) is 0 Å². The number of fused-ring (bicyclic) bond motifs is 1. The van der Waals surface area contributed by atoms with Crippen molar-refractivity contribution in [1.82, 2.24) is 29.4 Å². The molecule has 7 nitrogen and oxygen atoms in total. The van der Waals surface area contributed by atoms with Crippen LogP contribution in [0.1, 0.15) is 30.9 Å². The molecule has 0 radical (unpaired) electrons. The minimum Gasteiger partial charge on any atom is -0.340 e. The van der Waals surface area contributed by atoms with Gasteiger partial charge in [-0.3, -0.25) is 4.79 Å². The third-order valence-corrected chi connectivity index (χ3v) is 5.04. The monoisotopic (exact) mass is 392 g/mol. The fourth-order valence-corrected chi connectivity index (χ4v) is 3.57. The largest absolute Gasteiger partial charge is 0.416 e. The third-order valence-electron chi connectivity index (χ3n) is 5.04. The number of hydrogen-bond donors (Lipinski definition) is 0. The van der Waals surface area contributed by atoms with Crippen LogP contribution in [-0.2, 0) is 17.5 Å². The molecule has 3 aromatic rings. The molecule has 10 heteroatoms. The molecule has 0 unspecified atom stereocenters. The van der Waals surface area contributed by atoms with Crippen molar-refractivity contribution in [1.29, 1.82) is 0 Å². The highest BCUT2D eigenvalue weighted by Crippen LogP contribution is 2.32. The Morgan fingerprint density at radius 1 is 1.29 bits per heavy atom. The van der Waals surface area contributed by atoms with E-state index in [-0.39, 0.29) is 17.5 Å². The molecule has 0 N–H and O–H groups in total. The van der Waals surface area contributed by atoms with Gasteiger partial charge in [0.2, 0.25) is 5.91 Å². The lowest BCUT2D eigenvalue weighted by Gasteiger charge is -2.33. The number of nitrogens with zero attached hydrogens (tertiary/aromatic N) is 6. The zero-order valence-electron chi connectivity index (χ0n) is 15.0. The molecule has 0 saturated carbocycles. The number of rotatable bonds is 4. The van der Waals surface area contributed by atoms with E-state index in [1.165, 1.54) is 6.07 Å². The van der Waals surface area contributed by atoms with E-state index in [0.717, 1.165) is 25.0 Å². The zero-order valence-corrected chi connectivity index (χ0v) is 15.0. The van der Waals surface area contributed by atoms with Gasteiger partial charge < -0.3 is 9.47 Å². The number of likely N-dealkylation sites (tertiary alicyclic amines) is 1. The van der Waals surface area contributed by atoms with E-state index in [9.17, 15) is 18.0 Å². The van der Waals surface area contributed by atoms with E-state index in [1.807, 2.05) is 10.8 Å². The third kappa shape index (κ3) is 3.71. The molecule has 3 heterocycles. The second-order valence-corrected chi connectivity index (χ2v) is 6.92. The molecule has 0 bridgehead atoms. The minimum absolute atomic E-state index is 0.0437. The Hall–Kier alpha value is -2.91. The number of carbonyl (C=O) groups excluding carboxylic acids is 1. The fourth-order valence-electron chi connectivity index (χ4n) is 3.57. The minimum atomic E-state index is -4.42. The standard InChI is InChI=1S/C18H19F3N6O/c19-18(20,21)13-3-4-16-15(10-13)23-24-27(16)14-2-1-7-26(11-14)17(28)5-8-25-9-6-22-12-25/h3-4,6,9-10,12,14H,1-2,5,7-8,11H2/t14-/m0/s1. The van der Waals surface area contributed by atoms with Gasteiger partial charge in [-0.2, -0.15) is 13.2 Å². The number of alkyl halides is 3. The number of benzene rings is 1. The van der Waals surface area contributed by atoms with Gasteiger partial charge in [-0.1, -0.05) is 5.21 Å². The second-order valence-electron chi connectivity index (χ2n) is 6.92. The highest BCUT2D eigenvalue weighted by Gasteiger charge is 2.32. The van der Waals surface area contributed by atoms with Crippen molar-refractivity contribution >= 4 is 16.9 Å². The predicted octanol–water partition coefficient (Wildman–Crippen LogP) is 2.90. The van der Waals surface area contributed by atoms with Crippen LogP contribution in [0.2, 0.25) is 0 Å². The molecule has 0 aliphatic carbocycles. The number of halogens is 3. The van der Waals surface area contributed by atoms with Crippen molar-refractivity contribution in [3.8, 4) is 0 Å². The molecule has 148 valence electrons. The van der Waals surface area contributed by atoms with E-state index >= 15 is 0 Å². The Bertz CT molecular complexity index is 966. The van der Waals surface area contributed by atoms with E-state index in [1.54, 1.807) is 22.1 Å². The molecule has 4 rings (SSSR count). The fraction of sp³-hybridized carbons (Fsp3) is 0.444. The maximum atomic E-state index is 12.9. The molecule has 1 aliphatic heterocycles. The topological polar surface area (TPSA) is 68.8 Å². The van der Waals surface area contributed by atoms with Crippen molar-refractivity contribution in [2.24, 2.45) is 0 Å². The first kappa shape index (κ1) is 18.5. The number of aromatic nitrogens is 5. The molecule has 1 aromatic carbocycles. The Balaban J connectivity index is 1.47. The Labute approximate surface area is 158 Å². The van der Waals surface area contributed by atoms with Crippen molar-refractivity contribution in [2.75, 3.05) is 13.1 Å². The molecular formula is C18H19F3N6O. The Kier molecular flexibility index (Phi) is 4.78. The second kappa shape index (κ2) is 7.25. The van der Waals surface area contributed by atoms with Crippen LogP contribution in [0.25, 0.3) is 11.0 Å². The highest BCUT2D eigenvalue weighted by molar-refractivity contribution is 5.77. The maximum Gasteiger partial charge on any atom is 0.416 e. The summed E-state index contributed by atoms with van der Waals surface area (Å²) in [5, 5.41) is 7.98. The van der Waals surface area contributed by atoms with Crippen LogP contribution in [0.3, 0.4) is 0 Å². The number of piperidine rings is 1. The van der Waals surface area contributed by atoms with Crippen LogP contribution in [0.5, 0.6) is 0 Å². The zero-order chi connectivity index (χ0) is 19.7. The first-order chi connectivity index (χ1) is 13.4. The molecule has 1 atom stereocenters. The van der Waals surface area contributed by atoms with E-state index in [0.29, 0.717) is 31.6 Å². The van der Waals surface area contributed by atoms with Crippen molar-refractivity contribution in [3.63, 3.8) is 0 Å². The van der Waals surface area contributed by atoms with Gasteiger partial charge in [0.25, 0.3) is 0 Å². The smallest absolute Gasteiger partial charge is 0.340 e. The normalized spacial score (nSPS) is 18.0. The Morgan fingerprint density at radius 2 is 2.14 bits per heavy atom. The number of amides is 1. The molecule has 1 aliphatic rings. The summed E-state index contributed by atoms with van der Waals surface area (Å²) in [5.74, 6) is 0.0437. The van der Waals surface area contributed by atoms with Gasteiger partial charge in [-0.15, -0.1) is 5.10 Å². The molecule has 0 spiro atoms. The van der Waals surface area contributed by atoms with Crippen molar-refractivity contribution in [3.05, 3.63) is 42.5 Å². The Morgan fingerprint density at radius 3 is 2.89 bits per heavy atom. The molecule has 1 saturated heterocycles. The van der Waals surface area contributed by atoms with Crippen LogP contribution < -0.4 is 0 Å².